The van der Waals surface area contributed by atoms with E-state index in [4.69, 9.17) is 18.9 Å². The Hall–Kier alpha value is -4.28. The molecule has 0 aliphatic carbocycles. The monoisotopic (exact) mass is 706 g/mol. The number of hydrogen-bond acceptors (Lipinski definition) is 10. The molecule has 2 aromatic carbocycles. The fraction of sp³-hybridized carbons (Fsp3) is 0.219. The first-order chi connectivity index (χ1) is 21.0. The van der Waals surface area contributed by atoms with Gasteiger partial charge in [-0.15, -0.1) is 17.3 Å². The van der Waals surface area contributed by atoms with Crippen LogP contribution >= 0.6 is 33.9 Å². The van der Waals surface area contributed by atoms with Gasteiger partial charge in [-0.1, -0.05) is 36.3 Å². The summed E-state index contributed by atoms with van der Waals surface area (Å²) >= 11 is 3.67. The first kappa shape index (κ1) is 30.2. The first-order valence-corrected chi connectivity index (χ1v) is 15.3. The molecule has 0 aliphatic rings. The summed E-state index contributed by atoms with van der Waals surface area (Å²) in [5, 5.41) is 0.722. The topological polar surface area (TPSA) is 106 Å². The number of benzene rings is 2. The maximum Gasteiger partial charge on any atom is 0.347 e. The average Bonchev–Trinajstić information content (AvgIpc) is 3.36. The second-order valence-corrected chi connectivity index (χ2v) is 11.1. The maximum absolute atomic E-state index is 13.1. The van der Waals surface area contributed by atoms with Crippen LogP contribution in [0.1, 0.15) is 30.0 Å². The Bertz CT molecular complexity index is 1820. The molecule has 0 unspecified atom stereocenters. The molecule has 3 heterocycles. The van der Waals surface area contributed by atoms with Crippen LogP contribution < -0.4 is 14.2 Å². The van der Waals surface area contributed by atoms with Crippen molar-refractivity contribution < 1.29 is 23.7 Å². The highest BCUT2D eigenvalue weighted by Crippen LogP contribution is 2.36. The smallest absolute Gasteiger partial charge is 0.347 e. The second kappa shape index (κ2) is 14.3. The molecular weight excluding hydrogens is 679 g/mol. The fourth-order valence-corrected chi connectivity index (χ4v) is 6.36. The van der Waals surface area contributed by atoms with E-state index < -0.39 is 12.1 Å². The third-order valence-electron chi connectivity index (χ3n) is 6.25. The van der Waals surface area contributed by atoms with Crippen molar-refractivity contribution in [2.45, 2.75) is 33.0 Å². The Kier molecular flexibility index (Phi) is 10.0. The fourth-order valence-electron chi connectivity index (χ4n) is 4.30. The zero-order valence-corrected chi connectivity index (χ0v) is 26.6. The van der Waals surface area contributed by atoms with Gasteiger partial charge in [-0.25, -0.2) is 24.7 Å². The van der Waals surface area contributed by atoms with Gasteiger partial charge >= 0.3 is 5.97 Å². The highest BCUT2D eigenvalue weighted by molar-refractivity contribution is 14.1. The SMILES string of the molecule is CC#Cc1sc2ncnc(O[C@H](Cc3ccccc3OCc3ccnc(-c4ccccc4OC)n3)C(=O)OCC)c2c1I. The van der Waals surface area contributed by atoms with Crippen molar-refractivity contribution in [2.24, 2.45) is 0 Å². The molecule has 11 heteroatoms. The van der Waals surface area contributed by atoms with E-state index in [1.807, 2.05) is 48.5 Å². The van der Waals surface area contributed by atoms with Crippen LogP contribution in [0.3, 0.4) is 0 Å². The summed E-state index contributed by atoms with van der Waals surface area (Å²) in [6.45, 7) is 3.94. The summed E-state index contributed by atoms with van der Waals surface area (Å²) in [6.07, 6.45) is 2.33. The summed E-state index contributed by atoms with van der Waals surface area (Å²) < 4.78 is 24.2. The van der Waals surface area contributed by atoms with Crippen molar-refractivity contribution in [2.75, 3.05) is 13.7 Å². The van der Waals surface area contributed by atoms with Gasteiger partial charge in [0.25, 0.3) is 0 Å². The Morgan fingerprint density at radius 3 is 2.63 bits per heavy atom. The Balaban J connectivity index is 1.39. The van der Waals surface area contributed by atoms with E-state index in [-0.39, 0.29) is 19.6 Å². The molecule has 9 nitrogen and oxygen atoms in total. The quantitative estimate of drug-likeness (QED) is 0.0894. The molecule has 0 saturated carbocycles. The molecule has 0 amide bonds. The molecule has 0 bridgehead atoms. The Morgan fingerprint density at radius 1 is 1.05 bits per heavy atom. The van der Waals surface area contributed by atoms with Crippen LogP contribution in [0.2, 0.25) is 0 Å². The van der Waals surface area contributed by atoms with Crippen molar-refractivity contribution >= 4 is 50.1 Å². The first-order valence-electron chi connectivity index (χ1n) is 13.4. The van der Waals surface area contributed by atoms with Gasteiger partial charge in [-0.05, 0) is 66.3 Å². The van der Waals surface area contributed by atoms with E-state index in [1.54, 1.807) is 33.2 Å². The average molecular weight is 707 g/mol. The summed E-state index contributed by atoms with van der Waals surface area (Å²) in [5.74, 6) is 7.64. The Labute approximate surface area is 266 Å². The van der Waals surface area contributed by atoms with Crippen LogP contribution in [0, 0.1) is 15.4 Å². The van der Waals surface area contributed by atoms with Gasteiger partial charge in [0.2, 0.25) is 12.0 Å². The molecule has 3 aromatic heterocycles. The lowest BCUT2D eigenvalue weighted by atomic mass is 10.1. The third kappa shape index (κ3) is 7.03. The molecule has 0 aliphatic heterocycles. The predicted octanol–water partition coefficient (Wildman–Crippen LogP) is 6.27. The number of hydrogen-bond donors (Lipinski definition) is 0. The lowest BCUT2D eigenvalue weighted by Gasteiger charge is -2.19. The summed E-state index contributed by atoms with van der Waals surface area (Å²) in [6, 6.07) is 16.9. The molecule has 0 spiro atoms. The number of esters is 1. The lowest BCUT2D eigenvalue weighted by molar-refractivity contribution is -0.151. The molecule has 0 radical (unpaired) electrons. The number of carbonyl (C=O) groups is 1. The lowest BCUT2D eigenvalue weighted by Crippen LogP contribution is -2.32. The van der Waals surface area contributed by atoms with E-state index in [0.717, 1.165) is 29.8 Å². The van der Waals surface area contributed by atoms with Crippen molar-refractivity contribution in [1.82, 2.24) is 19.9 Å². The van der Waals surface area contributed by atoms with Crippen LogP contribution in [-0.2, 0) is 22.6 Å². The number of aromatic nitrogens is 4. The zero-order valence-electron chi connectivity index (χ0n) is 23.7. The number of halogens is 1. The number of thiophene rings is 1. The van der Waals surface area contributed by atoms with Crippen LogP contribution in [0.4, 0.5) is 0 Å². The number of methoxy groups -OCH3 is 1. The van der Waals surface area contributed by atoms with Gasteiger partial charge in [0.05, 0.1) is 38.8 Å². The minimum absolute atomic E-state index is 0.188. The molecule has 5 rings (SSSR count). The standard InChI is InChI=1S/C32H27IN4O5S/c1-4-10-26-28(33)27-30(35-19-36-31(27)43-26)42-25(32(38)40-5-2)17-20-11-6-8-13-23(20)41-18-21-15-16-34-29(37-21)22-12-7-9-14-24(22)39-3/h6-9,11-16,19,25H,5,17-18H2,1-3H3/t25-/m1/s1. The van der Waals surface area contributed by atoms with Gasteiger partial charge in [-0.3, -0.25) is 0 Å². The number of rotatable bonds is 11. The van der Waals surface area contributed by atoms with E-state index >= 15 is 0 Å². The van der Waals surface area contributed by atoms with Gasteiger partial charge in [0.15, 0.2) is 5.82 Å². The Morgan fingerprint density at radius 2 is 1.84 bits per heavy atom. The molecular formula is C32H27IN4O5S. The largest absolute Gasteiger partial charge is 0.496 e. The van der Waals surface area contributed by atoms with Crippen molar-refractivity contribution in [3.63, 3.8) is 0 Å². The summed E-state index contributed by atoms with van der Waals surface area (Å²) in [5.41, 5.74) is 2.24. The van der Waals surface area contributed by atoms with Crippen LogP contribution in [0.15, 0.2) is 67.1 Å². The number of para-hydroxylation sites is 2. The highest BCUT2D eigenvalue weighted by atomic mass is 127. The summed E-state index contributed by atoms with van der Waals surface area (Å²) in [7, 11) is 1.61. The molecule has 1 atom stereocenters. The zero-order chi connectivity index (χ0) is 30.2. The minimum atomic E-state index is -0.976. The normalized spacial score (nSPS) is 11.3. The summed E-state index contributed by atoms with van der Waals surface area (Å²) in [4.78, 5) is 32.6. The van der Waals surface area contributed by atoms with Crippen molar-refractivity contribution in [1.29, 1.82) is 0 Å². The van der Waals surface area contributed by atoms with Gasteiger partial charge in [0.1, 0.15) is 29.3 Å². The van der Waals surface area contributed by atoms with Crippen molar-refractivity contribution in [3.05, 3.63) is 86.8 Å². The highest BCUT2D eigenvalue weighted by Gasteiger charge is 2.27. The molecule has 0 saturated heterocycles. The number of nitrogens with zero attached hydrogens (tertiary/aromatic N) is 4. The molecule has 218 valence electrons. The molecule has 43 heavy (non-hydrogen) atoms. The minimum Gasteiger partial charge on any atom is -0.496 e. The van der Waals surface area contributed by atoms with Crippen LogP contribution in [0.5, 0.6) is 17.4 Å². The van der Waals surface area contributed by atoms with Gasteiger partial charge < -0.3 is 18.9 Å². The molecule has 0 N–H and O–H groups in total. The second-order valence-electron chi connectivity index (χ2n) is 9.01. The van der Waals surface area contributed by atoms with Crippen LogP contribution in [-0.4, -0.2) is 45.7 Å². The van der Waals surface area contributed by atoms with E-state index in [9.17, 15) is 4.79 Å². The van der Waals surface area contributed by atoms with Gasteiger partial charge in [-0.2, -0.15) is 0 Å². The van der Waals surface area contributed by atoms with E-state index in [1.165, 1.54) is 17.7 Å². The van der Waals surface area contributed by atoms with Gasteiger partial charge in [0, 0.05) is 12.6 Å². The number of carbonyl (C=O) groups excluding carboxylic acids is 1. The van der Waals surface area contributed by atoms with Crippen LogP contribution in [0.25, 0.3) is 21.6 Å². The number of ether oxygens (including phenoxy) is 4. The number of fused-ring (bicyclic) bond motifs is 1. The molecule has 5 aromatic rings. The van der Waals surface area contributed by atoms with E-state index in [0.29, 0.717) is 28.9 Å². The van der Waals surface area contributed by atoms with E-state index in [2.05, 4.69) is 54.4 Å². The maximum atomic E-state index is 13.1. The third-order valence-corrected chi connectivity index (χ3v) is 8.71. The molecule has 0 fully saturated rings. The predicted molar refractivity (Wildman–Crippen MR) is 172 cm³/mol. The van der Waals surface area contributed by atoms with Crippen molar-refractivity contribution in [3.8, 4) is 40.6 Å².